The Morgan fingerprint density at radius 2 is 1.94 bits per heavy atom. The number of rotatable bonds is 1. The topological polar surface area (TPSA) is 17.1 Å². The highest BCUT2D eigenvalue weighted by Crippen LogP contribution is 2.47. The molecule has 1 saturated carbocycles. The van der Waals surface area contributed by atoms with Gasteiger partial charge in [0.2, 0.25) is 0 Å². The molecule has 1 fully saturated rings. The second kappa shape index (κ2) is 4.29. The molecule has 3 rings (SSSR count). The molecule has 0 spiro atoms. The summed E-state index contributed by atoms with van der Waals surface area (Å²) in [5.74, 6) is 1.99. The Hall–Kier alpha value is -1.11. The van der Waals surface area contributed by atoms with E-state index >= 15 is 0 Å². The summed E-state index contributed by atoms with van der Waals surface area (Å²) < 4.78 is 0. The van der Waals surface area contributed by atoms with Crippen molar-refractivity contribution in [2.45, 2.75) is 44.9 Å². The summed E-state index contributed by atoms with van der Waals surface area (Å²) >= 11 is 0. The predicted molar refractivity (Wildman–Crippen MR) is 69.3 cm³/mol. The second-order valence-corrected chi connectivity index (χ2v) is 5.52. The van der Waals surface area contributed by atoms with Gasteiger partial charge in [0.25, 0.3) is 0 Å². The third-order valence-corrected chi connectivity index (χ3v) is 4.74. The van der Waals surface area contributed by atoms with Gasteiger partial charge in [-0.3, -0.25) is 4.79 Å². The van der Waals surface area contributed by atoms with Crippen LogP contribution >= 0.6 is 0 Å². The first-order valence-electron chi connectivity index (χ1n) is 6.96. The zero-order valence-corrected chi connectivity index (χ0v) is 10.5. The van der Waals surface area contributed by atoms with Crippen LogP contribution in [0, 0.1) is 11.8 Å². The molecule has 0 bridgehead atoms. The fraction of sp³-hybridized carbons (Fsp3) is 0.562. The number of fused-ring (bicyclic) bond motifs is 2. The molecule has 0 amide bonds. The van der Waals surface area contributed by atoms with Crippen molar-refractivity contribution in [2.75, 3.05) is 0 Å². The van der Waals surface area contributed by atoms with Crippen LogP contribution in [-0.4, -0.2) is 5.78 Å². The third-order valence-electron chi connectivity index (χ3n) is 4.74. The van der Waals surface area contributed by atoms with E-state index in [1.165, 1.54) is 31.2 Å². The molecule has 1 nitrogen and oxygen atoms in total. The van der Waals surface area contributed by atoms with Gasteiger partial charge in [0.05, 0.1) is 0 Å². The van der Waals surface area contributed by atoms with Crippen molar-refractivity contribution in [3.8, 4) is 0 Å². The van der Waals surface area contributed by atoms with Gasteiger partial charge in [0, 0.05) is 11.5 Å². The normalized spacial score (nSPS) is 31.8. The molecule has 0 aliphatic heterocycles. The van der Waals surface area contributed by atoms with Crippen molar-refractivity contribution in [3.05, 3.63) is 35.4 Å². The number of hydrogen-bond acceptors (Lipinski definition) is 1. The Balaban J connectivity index is 2.09. The van der Waals surface area contributed by atoms with Crippen molar-refractivity contribution < 1.29 is 4.79 Å². The molecule has 0 heterocycles. The average Bonchev–Trinajstić information content (AvgIpc) is 2.40. The molecule has 1 aromatic rings. The number of Topliss-reactive ketones (excluding diaryl/α,β-unsaturated/α-hetero) is 1. The van der Waals surface area contributed by atoms with E-state index in [2.05, 4.69) is 19.1 Å². The molecule has 0 saturated heterocycles. The van der Waals surface area contributed by atoms with Gasteiger partial charge in [0.15, 0.2) is 5.78 Å². The first-order valence-corrected chi connectivity index (χ1v) is 6.96. The zero-order chi connectivity index (χ0) is 11.8. The number of hydrogen-bond donors (Lipinski definition) is 0. The number of benzene rings is 1. The molecule has 90 valence electrons. The minimum Gasteiger partial charge on any atom is -0.294 e. The van der Waals surface area contributed by atoms with Gasteiger partial charge < -0.3 is 0 Å². The number of carbonyl (C=O) groups is 1. The summed E-state index contributed by atoms with van der Waals surface area (Å²) in [6.07, 6.45) is 6.10. The van der Waals surface area contributed by atoms with Crippen molar-refractivity contribution in [3.63, 3.8) is 0 Å². The van der Waals surface area contributed by atoms with E-state index in [1.807, 2.05) is 12.1 Å². The van der Waals surface area contributed by atoms with Crippen LogP contribution in [0.4, 0.5) is 0 Å². The van der Waals surface area contributed by atoms with Crippen LogP contribution in [0.25, 0.3) is 0 Å². The fourth-order valence-corrected chi connectivity index (χ4v) is 3.96. The lowest BCUT2D eigenvalue weighted by molar-refractivity contribution is 0.0760. The molecule has 0 unspecified atom stereocenters. The van der Waals surface area contributed by atoms with Crippen molar-refractivity contribution in [1.29, 1.82) is 0 Å². The van der Waals surface area contributed by atoms with Gasteiger partial charge in [-0.15, -0.1) is 0 Å². The highest BCUT2D eigenvalue weighted by molar-refractivity contribution is 6.00. The molecule has 0 aromatic heterocycles. The molecule has 1 aromatic carbocycles. The molecule has 0 radical (unpaired) electrons. The van der Waals surface area contributed by atoms with Crippen LogP contribution in [0.2, 0.25) is 0 Å². The van der Waals surface area contributed by atoms with E-state index in [-0.39, 0.29) is 0 Å². The van der Waals surface area contributed by atoms with Gasteiger partial charge in [-0.2, -0.15) is 0 Å². The molecular formula is C16H20O. The highest BCUT2D eigenvalue weighted by Gasteiger charge is 2.41. The van der Waals surface area contributed by atoms with E-state index in [4.69, 9.17) is 0 Å². The van der Waals surface area contributed by atoms with Gasteiger partial charge in [-0.05, 0) is 36.7 Å². The summed E-state index contributed by atoms with van der Waals surface area (Å²) in [4.78, 5) is 12.5. The van der Waals surface area contributed by atoms with Crippen molar-refractivity contribution in [1.82, 2.24) is 0 Å². The molecule has 2 aliphatic carbocycles. The van der Waals surface area contributed by atoms with Crippen LogP contribution < -0.4 is 0 Å². The number of carbonyl (C=O) groups excluding carboxylic acids is 1. The summed E-state index contributed by atoms with van der Waals surface area (Å²) in [6.45, 7) is 2.27. The summed E-state index contributed by atoms with van der Waals surface area (Å²) in [7, 11) is 0. The molecule has 17 heavy (non-hydrogen) atoms. The van der Waals surface area contributed by atoms with E-state index in [0.29, 0.717) is 23.5 Å². The summed E-state index contributed by atoms with van der Waals surface area (Å²) in [5, 5.41) is 0. The third kappa shape index (κ3) is 1.64. The van der Waals surface area contributed by atoms with E-state index in [9.17, 15) is 4.79 Å². The Labute approximate surface area is 103 Å². The smallest absolute Gasteiger partial charge is 0.166 e. The SMILES string of the molecule is CC[C@H]1c2ccccc2C(=O)[C@H]2CCCC[C@@H]21. The lowest BCUT2D eigenvalue weighted by Gasteiger charge is -2.41. The van der Waals surface area contributed by atoms with Gasteiger partial charge >= 0.3 is 0 Å². The van der Waals surface area contributed by atoms with Crippen LogP contribution in [-0.2, 0) is 0 Å². The highest BCUT2D eigenvalue weighted by atomic mass is 16.1. The maximum atomic E-state index is 12.5. The minimum atomic E-state index is 0.323. The standard InChI is InChI=1S/C16H20O/c1-2-11-12-7-3-5-9-14(12)16(17)15-10-6-4-8-13(11)15/h3,5,7,9,11,13,15H,2,4,6,8,10H2,1H3/t11-,13+,15-/m0/s1. The maximum Gasteiger partial charge on any atom is 0.166 e. The van der Waals surface area contributed by atoms with E-state index in [0.717, 1.165) is 12.0 Å². The number of ketones is 1. The quantitative estimate of drug-likeness (QED) is 0.704. The van der Waals surface area contributed by atoms with Gasteiger partial charge in [-0.1, -0.05) is 44.0 Å². The largest absolute Gasteiger partial charge is 0.294 e. The van der Waals surface area contributed by atoms with Crippen LogP contribution in [0.3, 0.4) is 0 Å². The molecule has 2 aliphatic rings. The van der Waals surface area contributed by atoms with Gasteiger partial charge in [-0.25, -0.2) is 0 Å². The van der Waals surface area contributed by atoms with Crippen LogP contribution in [0.1, 0.15) is 60.9 Å². The molecule has 0 N–H and O–H groups in total. The lowest BCUT2D eigenvalue weighted by atomic mass is 9.62. The van der Waals surface area contributed by atoms with Crippen LogP contribution in [0.5, 0.6) is 0 Å². The summed E-state index contributed by atoms with van der Waals surface area (Å²) in [5.41, 5.74) is 2.34. The Morgan fingerprint density at radius 3 is 2.76 bits per heavy atom. The van der Waals surface area contributed by atoms with Gasteiger partial charge in [0.1, 0.15) is 0 Å². The van der Waals surface area contributed by atoms with Crippen molar-refractivity contribution >= 4 is 5.78 Å². The van der Waals surface area contributed by atoms with Crippen LogP contribution in [0.15, 0.2) is 24.3 Å². The fourth-order valence-electron chi connectivity index (χ4n) is 3.96. The van der Waals surface area contributed by atoms with E-state index in [1.54, 1.807) is 0 Å². The Bertz CT molecular complexity index is 435. The first-order chi connectivity index (χ1) is 8.33. The monoisotopic (exact) mass is 228 g/mol. The minimum absolute atomic E-state index is 0.323. The average molecular weight is 228 g/mol. The van der Waals surface area contributed by atoms with E-state index < -0.39 is 0 Å². The Morgan fingerprint density at radius 1 is 1.18 bits per heavy atom. The molecule has 3 atom stereocenters. The maximum absolute atomic E-state index is 12.5. The first kappa shape index (κ1) is 11.0. The zero-order valence-electron chi connectivity index (χ0n) is 10.5. The lowest BCUT2D eigenvalue weighted by Crippen LogP contribution is -2.36. The predicted octanol–water partition coefficient (Wildman–Crippen LogP) is 4.18. The molecular weight excluding hydrogens is 208 g/mol. The summed E-state index contributed by atoms with van der Waals surface area (Å²) in [6, 6.07) is 8.29. The Kier molecular flexibility index (Phi) is 2.78. The molecule has 1 heteroatoms. The van der Waals surface area contributed by atoms with Crippen molar-refractivity contribution in [2.24, 2.45) is 11.8 Å². The second-order valence-electron chi connectivity index (χ2n) is 5.52.